The molecule has 0 aliphatic heterocycles. The summed E-state index contributed by atoms with van der Waals surface area (Å²) >= 11 is 0. The van der Waals surface area contributed by atoms with Crippen LogP contribution in [0.4, 0.5) is 10.1 Å². The Morgan fingerprint density at radius 2 is 2.12 bits per heavy atom. The quantitative estimate of drug-likeness (QED) is 0.825. The van der Waals surface area contributed by atoms with Crippen LogP contribution in [0.2, 0.25) is 0 Å². The summed E-state index contributed by atoms with van der Waals surface area (Å²) in [5.41, 5.74) is 0.162. The lowest BCUT2D eigenvalue weighted by atomic mass is 10.2. The van der Waals surface area contributed by atoms with E-state index in [0.717, 1.165) is 6.20 Å². The molecule has 2 rings (SSSR count). The number of nitrogens with one attached hydrogen (secondary N) is 1. The Morgan fingerprint density at radius 1 is 1.29 bits per heavy atom. The number of hydrogen-bond acceptors (Lipinski definition) is 4. The summed E-state index contributed by atoms with van der Waals surface area (Å²) < 4.78 is 13.2. The van der Waals surface area contributed by atoms with E-state index < -0.39 is 11.7 Å². The van der Waals surface area contributed by atoms with Crippen LogP contribution in [-0.4, -0.2) is 21.0 Å². The van der Waals surface area contributed by atoms with Crippen LogP contribution >= 0.6 is 0 Å². The second-order valence-electron chi connectivity index (χ2n) is 3.24. The molecule has 0 bridgehead atoms. The molecule has 2 aromatic rings. The van der Waals surface area contributed by atoms with Crippen LogP contribution in [0.1, 0.15) is 10.4 Å². The predicted octanol–water partition coefficient (Wildman–Crippen LogP) is 1.57. The van der Waals surface area contributed by atoms with Crippen LogP contribution < -0.4 is 5.32 Å². The fourth-order valence-corrected chi connectivity index (χ4v) is 1.22. The first-order valence-electron chi connectivity index (χ1n) is 4.71. The van der Waals surface area contributed by atoms with Crippen molar-refractivity contribution < 1.29 is 14.3 Å². The molecule has 0 spiro atoms. The summed E-state index contributed by atoms with van der Waals surface area (Å²) in [6.45, 7) is 0. The zero-order valence-corrected chi connectivity index (χ0v) is 8.59. The monoisotopic (exact) mass is 233 g/mol. The van der Waals surface area contributed by atoms with Gasteiger partial charge in [0.1, 0.15) is 5.75 Å². The molecule has 0 aromatic carbocycles. The van der Waals surface area contributed by atoms with Gasteiger partial charge in [0.25, 0.3) is 5.91 Å². The fraction of sp³-hybridized carbons (Fsp3) is 0. The van der Waals surface area contributed by atoms with Crippen LogP contribution in [0.25, 0.3) is 0 Å². The molecule has 0 atom stereocenters. The van der Waals surface area contributed by atoms with Gasteiger partial charge in [-0.3, -0.25) is 14.8 Å². The van der Waals surface area contributed by atoms with Crippen LogP contribution in [-0.2, 0) is 0 Å². The topological polar surface area (TPSA) is 75.1 Å². The summed E-state index contributed by atoms with van der Waals surface area (Å²) in [6, 6.07) is 2.57. The number of aromatic nitrogens is 2. The zero-order valence-electron chi connectivity index (χ0n) is 8.59. The molecule has 2 aromatic heterocycles. The van der Waals surface area contributed by atoms with E-state index in [1.165, 1.54) is 30.7 Å². The number of rotatable bonds is 2. The molecular weight excluding hydrogens is 225 g/mol. The number of nitrogens with zero attached hydrogens (tertiary/aromatic N) is 2. The van der Waals surface area contributed by atoms with E-state index >= 15 is 0 Å². The van der Waals surface area contributed by atoms with Crippen LogP contribution in [0.15, 0.2) is 36.9 Å². The van der Waals surface area contributed by atoms with Gasteiger partial charge in [-0.25, -0.2) is 4.39 Å². The third-order valence-corrected chi connectivity index (χ3v) is 2.01. The third-order valence-electron chi connectivity index (χ3n) is 2.01. The fourth-order valence-electron chi connectivity index (χ4n) is 1.22. The summed E-state index contributed by atoms with van der Waals surface area (Å²) in [5.74, 6) is -1.32. The molecular formula is C11H8FN3O2. The van der Waals surface area contributed by atoms with E-state index in [-0.39, 0.29) is 17.0 Å². The molecule has 6 heteroatoms. The Bertz CT molecular complexity index is 560. The number of hydrogen-bond donors (Lipinski definition) is 2. The first kappa shape index (κ1) is 11.0. The molecule has 0 fully saturated rings. The summed E-state index contributed by atoms with van der Waals surface area (Å²) in [4.78, 5) is 18.9. The average molecular weight is 233 g/mol. The molecule has 2 heterocycles. The highest BCUT2D eigenvalue weighted by molar-refractivity contribution is 6.04. The largest absolute Gasteiger partial charge is 0.506 e. The predicted molar refractivity (Wildman–Crippen MR) is 58.1 cm³/mol. The van der Waals surface area contributed by atoms with Gasteiger partial charge >= 0.3 is 0 Å². The molecule has 0 unspecified atom stereocenters. The summed E-state index contributed by atoms with van der Waals surface area (Å²) in [5, 5.41) is 11.5. The summed E-state index contributed by atoms with van der Waals surface area (Å²) in [7, 11) is 0. The van der Waals surface area contributed by atoms with Gasteiger partial charge in [0.15, 0.2) is 5.82 Å². The molecule has 17 heavy (non-hydrogen) atoms. The van der Waals surface area contributed by atoms with E-state index in [0.29, 0.717) is 0 Å². The van der Waals surface area contributed by atoms with Gasteiger partial charge in [0.05, 0.1) is 23.6 Å². The smallest absolute Gasteiger partial charge is 0.257 e. The van der Waals surface area contributed by atoms with Crippen molar-refractivity contribution in [3.05, 3.63) is 48.3 Å². The second kappa shape index (κ2) is 4.56. The van der Waals surface area contributed by atoms with Crippen molar-refractivity contribution in [1.29, 1.82) is 0 Å². The Balaban J connectivity index is 2.20. The lowest BCUT2D eigenvalue weighted by molar-refractivity contribution is 0.102. The molecule has 0 aliphatic carbocycles. The van der Waals surface area contributed by atoms with Gasteiger partial charge in [-0.15, -0.1) is 0 Å². The van der Waals surface area contributed by atoms with Crippen molar-refractivity contribution in [2.24, 2.45) is 0 Å². The van der Waals surface area contributed by atoms with Gasteiger partial charge < -0.3 is 10.4 Å². The van der Waals surface area contributed by atoms with Gasteiger partial charge in [0.2, 0.25) is 0 Å². The number of carbonyl (C=O) groups excluding carboxylic acids is 1. The molecule has 0 aliphatic rings. The Hall–Kier alpha value is -2.50. The van der Waals surface area contributed by atoms with Gasteiger partial charge in [-0.05, 0) is 12.1 Å². The van der Waals surface area contributed by atoms with E-state index in [4.69, 9.17) is 5.11 Å². The van der Waals surface area contributed by atoms with Crippen LogP contribution in [0.5, 0.6) is 5.75 Å². The lowest BCUT2D eigenvalue weighted by Gasteiger charge is -2.05. The Morgan fingerprint density at radius 3 is 2.82 bits per heavy atom. The third kappa shape index (κ3) is 2.54. The van der Waals surface area contributed by atoms with E-state index in [1.54, 1.807) is 0 Å². The summed E-state index contributed by atoms with van der Waals surface area (Å²) in [6.07, 6.45) is 4.83. The second-order valence-corrected chi connectivity index (χ2v) is 3.24. The van der Waals surface area contributed by atoms with Crippen LogP contribution in [0, 0.1) is 5.82 Å². The minimum Gasteiger partial charge on any atom is -0.506 e. The average Bonchev–Trinajstić information content (AvgIpc) is 2.32. The molecule has 5 nitrogen and oxygen atoms in total. The number of amides is 1. The number of halogens is 1. The Labute approximate surface area is 96.0 Å². The maximum absolute atomic E-state index is 13.2. The van der Waals surface area contributed by atoms with Gasteiger partial charge in [-0.1, -0.05) is 0 Å². The van der Waals surface area contributed by atoms with Crippen molar-refractivity contribution in [1.82, 2.24) is 9.97 Å². The first-order valence-corrected chi connectivity index (χ1v) is 4.71. The normalized spacial score (nSPS) is 9.94. The molecule has 1 amide bonds. The van der Waals surface area contributed by atoms with Crippen molar-refractivity contribution in [3.63, 3.8) is 0 Å². The van der Waals surface area contributed by atoms with Gasteiger partial charge in [0, 0.05) is 12.4 Å². The maximum Gasteiger partial charge on any atom is 0.257 e. The van der Waals surface area contributed by atoms with E-state index in [9.17, 15) is 9.18 Å². The molecule has 86 valence electrons. The molecule has 2 N–H and O–H groups in total. The highest BCUT2D eigenvalue weighted by Gasteiger charge is 2.09. The number of anilines is 1. The number of aromatic hydroxyl groups is 1. The van der Waals surface area contributed by atoms with Gasteiger partial charge in [-0.2, -0.15) is 0 Å². The SMILES string of the molecule is O=C(Nc1ccncc1F)c1cncc(O)c1. The molecule has 0 radical (unpaired) electrons. The Kier molecular flexibility index (Phi) is 2.95. The number of pyridine rings is 2. The van der Waals surface area contributed by atoms with Crippen molar-refractivity contribution in [2.45, 2.75) is 0 Å². The van der Waals surface area contributed by atoms with E-state index in [1.807, 2.05) is 0 Å². The standard InChI is InChI=1S/C11H8FN3O2/c12-9-6-13-2-1-10(9)15-11(17)7-3-8(16)5-14-4-7/h1-6,16H,(H,13,15,17). The van der Waals surface area contributed by atoms with Crippen molar-refractivity contribution in [2.75, 3.05) is 5.32 Å². The maximum atomic E-state index is 13.2. The molecule has 0 saturated heterocycles. The minimum atomic E-state index is -0.631. The highest BCUT2D eigenvalue weighted by atomic mass is 19.1. The van der Waals surface area contributed by atoms with Crippen molar-refractivity contribution in [3.8, 4) is 5.75 Å². The van der Waals surface area contributed by atoms with E-state index in [2.05, 4.69) is 15.3 Å². The highest BCUT2D eigenvalue weighted by Crippen LogP contribution is 2.14. The van der Waals surface area contributed by atoms with Crippen molar-refractivity contribution >= 4 is 11.6 Å². The molecule has 0 saturated carbocycles. The first-order chi connectivity index (χ1) is 8.16. The lowest BCUT2D eigenvalue weighted by Crippen LogP contribution is -2.13. The minimum absolute atomic E-state index is 0.0216. The number of carbonyl (C=O) groups is 1. The van der Waals surface area contributed by atoms with Crippen LogP contribution in [0.3, 0.4) is 0 Å². The zero-order chi connectivity index (χ0) is 12.3.